The van der Waals surface area contributed by atoms with Crippen LogP contribution in [-0.4, -0.2) is 41.3 Å². The number of aromatic nitrogens is 1. The third-order valence-corrected chi connectivity index (χ3v) is 3.40. The minimum atomic E-state index is -0.338. The monoisotopic (exact) mass is 299 g/mol. The van der Waals surface area contributed by atoms with Gasteiger partial charge in [0.15, 0.2) is 0 Å². The third kappa shape index (κ3) is 2.36. The molecule has 0 saturated carbocycles. The molecule has 0 aliphatic carbocycles. The highest BCUT2D eigenvalue weighted by Gasteiger charge is 2.34. The second-order valence-corrected chi connectivity index (χ2v) is 4.92. The van der Waals surface area contributed by atoms with E-state index in [2.05, 4.69) is 26.2 Å². The van der Waals surface area contributed by atoms with Gasteiger partial charge in [-0.05, 0) is 34.8 Å². The smallest absolute Gasteiger partial charge is 0.270 e. The number of carbonyl (C=O) groups is 2. The number of nitrogens with zero attached hydrogens (tertiary/aromatic N) is 1. The molecule has 0 radical (unpaired) electrons. The zero-order valence-corrected chi connectivity index (χ0v) is 11.1. The number of H-pyrrole nitrogens is 1. The van der Waals surface area contributed by atoms with Crippen LogP contribution in [0.4, 0.5) is 0 Å². The van der Waals surface area contributed by atoms with Gasteiger partial charge in [-0.3, -0.25) is 9.59 Å². The second-order valence-electron chi connectivity index (χ2n) is 4.00. The van der Waals surface area contributed by atoms with Crippen molar-refractivity contribution in [1.29, 1.82) is 0 Å². The first-order valence-electron chi connectivity index (χ1n) is 5.50. The van der Waals surface area contributed by atoms with Gasteiger partial charge in [0, 0.05) is 24.3 Å². The van der Waals surface area contributed by atoms with Crippen molar-refractivity contribution in [3.05, 3.63) is 22.4 Å². The van der Waals surface area contributed by atoms with E-state index in [0.717, 1.165) is 17.3 Å². The summed E-state index contributed by atoms with van der Waals surface area (Å²) < 4.78 is 0.830. The molecule has 5 nitrogen and oxygen atoms in total. The fourth-order valence-corrected chi connectivity index (χ4v) is 2.44. The van der Waals surface area contributed by atoms with Crippen LogP contribution in [0.25, 0.3) is 0 Å². The van der Waals surface area contributed by atoms with E-state index in [0.29, 0.717) is 12.2 Å². The van der Waals surface area contributed by atoms with E-state index in [1.54, 1.807) is 24.2 Å². The lowest BCUT2D eigenvalue weighted by atomic mass is 10.2. The molecule has 1 fully saturated rings. The quantitative estimate of drug-likeness (QED) is 0.860. The predicted molar refractivity (Wildman–Crippen MR) is 66.6 cm³/mol. The summed E-state index contributed by atoms with van der Waals surface area (Å²) in [6, 6.07) is 1.39. The highest BCUT2D eigenvalue weighted by atomic mass is 79.9. The van der Waals surface area contributed by atoms with Crippen molar-refractivity contribution in [3.8, 4) is 0 Å². The molecular weight excluding hydrogens is 286 g/mol. The largest absolute Gasteiger partial charge is 0.357 e. The number of nitrogens with one attached hydrogen (secondary N) is 2. The maximum absolute atomic E-state index is 12.2. The molecule has 0 aromatic carbocycles. The Labute approximate surface area is 108 Å². The fourth-order valence-electron chi connectivity index (χ4n) is 2.10. The van der Waals surface area contributed by atoms with Crippen molar-refractivity contribution in [2.24, 2.45) is 0 Å². The number of aromatic amines is 1. The summed E-state index contributed by atoms with van der Waals surface area (Å²) in [7, 11) is 1.59. The summed E-state index contributed by atoms with van der Waals surface area (Å²) in [6.07, 6.45) is 3.30. The van der Waals surface area contributed by atoms with Crippen molar-refractivity contribution in [2.45, 2.75) is 18.9 Å². The first-order chi connectivity index (χ1) is 8.13. The van der Waals surface area contributed by atoms with Crippen molar-refractivity contribution in [2.75, 3.05) is 13.6 Å². The Morgan fingerprint density at radius 1 is 1.59 bits per heavy atom. The number of carbonyl (C=O) groups excluding carboxylic acids is 2. The van der Waals surface area contributed by atoms with Crippen LogP contribution in [0.2, 0.25) is 0 Å². The molecule has 1 aliphatic heterocycles. The topological polar surface area (TPSA) is 65.2 Å². The molecule has 1 unspecified atom stereocenters. The van der Waals surface area contributed by atoms with Crippen LogP contribution in [0.5, 0.6) is 0 Å². The Hall–Kier alpha value is -1.30. The van der Waals surface area contributed by atoms with Crippen LogP contribution in [0.15, 0.2) is 16.7 Å². The molecule has 2 heterocycles. The van der Waals surface area contributed by atoms with Gasteiger partial charge in [0.2, 0.25) is 5.91 Å². The summed E-state index contributed by atoms with van der Waals surface area (Å²) in [5.74, 6) is -0.219. The highest BCUT2D eigenvalue weighted by Crippen LogP contribution is 2.21. The van der Waals surface area contributed by atoms with Crippen molar-refractivity contribution < 1.29 is 9.59 Å². The summed E-state index contributed by atoms with van der Waals surface area (Å²) >= 11 is 3.29. The van der Waals surface area contributed by atoms with Gasteiger partial charge < -0.3 is 15.2 Å². The normalized spacial score (nSPS) is 19.4. The summed E-state index contributed by atoms with van der Waals surface area (Å²) in [4.78, 5) is 28.3. The Morgan fingerprint density at radius 2 is 2.35 bits per heavy atom. The summed E-state index contributed by atoms with van der Waals surface area (Å²) in [5.41, 5.74) is 0.507. The molecule has 1 saturated heterocycles. The van der Waals surface area contributed by atoms with E-state index < -0.39 is 0 Å². The van der Waals surface area contributed by atoms with Gasteiger partial charge in [-0.2, -0.15) is 0 Å². The molecule has 2 rings (SSSR count). The van der Waals surface area contributed by atoms with E-state index in [4.69, 9.17) is 0 Å². The zero-order valence-electron chi connectivity index (χ0n) is 9.50. The minimum Gasteiger partial charge on any atom is -0.357 e. The highest BCUT2D eigenvalue weighted by molar-refractivity contribution is 9.10. The van der Waals surface area contributed by atoms with Gasteiger partial charge in [-0.25, -0.2) is 0 Å². The molecule has 1 atom stereocenters. The predicted octanol–water partition coefficient (Wildman–Crippen LogP) is 1.13. The van der Waals surface area contributed by atoms with E-state index >= 15 is 0 Å². The Morgan fingerprint density at radius 3 is 2.94 bits per heavy atom. The van der Waals surface area contributed by atoms with Crippen molar-refractivity contribution in [1.82, 2.24) is 15.2 Å². The molecule has 1 aliphatic rings. The Bertz CT molecular complexity index is 444. The van der Waals surface area contributed by atoms with Gasteiger partial charge in [0.1, 0.15) is 11.7 Å². The van der Waals surface area contributed by atoms with E-state index in [1.807, 2.05) is 0 Å². The molecule has 92 valence electrons. The van der Waals surface area contributed by atoms with E-state index in [1.165, 1.54) is 0 Å². The zero-order chi connectivity index (χ0) is 12.4. The molecule has 17 heavy (non-hydrogen) atoms. The minimum absolute atomic E-state index is 0.0959. The molecule has 1 aromatic heterocycles. The molecule has 2 amide bonds. The van der Waals surface area contributed by atoms with Crippen molar-refractivity contribution >= 4 is 27.7 Å². The molecule has 2 N–H and O–H groups in total. The maximum atomic E-state index is 12.2. The lowest BCUT2D eigenvalue weighted by Gasteiger charge is -2.22. The SMILES string of the molecule is CNC(=O)C1CCCN1C(=O)c1cc(Br)c[nH]1. The number of amides is 2. The average Bonchev–Trinajstić information content (AvgIpc) is 2.95. The van der Waals surface area contributed by atoms with Gasteiger partial charge >= 0.3 is 0 Å². The maximum Gasteiger partial charge on any atom is 0.270 e. The number of likely N-dealkylation sites (N-methyl/N-ethyl adjacent to an activating group) is 1. The van der Waals surface area contributed by atoms with Gasteiger partial charge in [-0.1, -0.05) is 0 Å². The fraction of sp³-hybridized carbons (Fsp3) is 0.455. The standard InChI is InChI=1S/C11H14BrN3O2/c1-13-10(16)9-3-2-4-15(9)11(17)8-5-7(12)6-14-8/h5-6,9,14H,2-4H2,1H3,(H,13,16). The molecule has 6 heteroatoms. The lowest BCUT2D eigenvalue weighted by Crippen LogP contribution is -2.45. The van der Waals surface area contributed by atoms with Crippen LogP contribution in [0.1, 0.15) is 23.3 Å². The first-order valence-corrected chi connectivity index (χ1v) is 6.29. The average molecular weight is 300 g/mol. The molecule has 0 spiro atoms. The van der Waals surface area contributed by atoms with Gasteiger partial charge in [0.25, 0.3) is 5.91 Å². The Balaban J connectivity index is 2.16. The van der Waals surface area contributed by atoms with E-state index in [9.17, 15) is 9.59 Å². The number of rotatable bonds is 2. The third-order valence-electron chi connectivity index (χ3n) is 2.94. The van der Waals surface area contributed by atoms with Crippen LogP contribution in [0, 0.1) is 0 Å². The molecule has 1 aromatic rings. The van der Waals surface area contributed by atoms with Crippen LogP contribution < -0.4 is 5.32 Å². The van der Waals surface area contributed by atoms with Crippen LogP contribution in [0.3, 0.4) is 0 Å². The number of hydrogen-bond donors (Lipinski definition) is 2. The second kappa shape index (κ2) is 4.91. The van der Waals surface area contributed by atoms with E-state index in [-0.39, 0.29) is 17.9 Å². The first kappa shape index (κ1) is 12.2. The number of hydrogen-bond acceptors (Lipinski definition) is 2. The van der Waals surface area contributed by atoms with Gasteiger partial charge in [0.05, 0.1) is 0 Å². The molecule has 0 bridgehead atoms. The number of halogens is 1. The van der Waals surface area contributed by atoms with Crippen molar-refractivity contribution in [3.63, 3.8) is 0 Å². The van der Waals surface area contributed by atoms with Crippen LogP contribution >= 0.6 is 15.9 Å². The van der Waals surface area contributed by atoms with Crippen LogP contribution in [-0.2, 0) is 4.79 Å². The summed E-state index contributed by atoms with van der Waals surface area (Å²) in [6.45, 7) is 0.632. The lowest BCUT2D eigenvalue weighted by molar-refractivity contribution is -0.124. The number of likely N-dealkylation sites (tertiary alicyclic amines) is 1. The summed E-state index contributed by atoms with van der Waals surface area (Å²) in [5, 5.41) is 2.60. The Kier molecular flexibility index (Phi) is 3.51. The van der Waals surface area contributed by atoms with Gasteiger partial charge in [-0.15, -0.1) is 0 Å². The molecular formula is C11H14BrN3O2.